The lowest BCUT2D eigenvalue weighted by molar-refractivity contribution is -0.149. The van der Waals surface area contributed by atoms with Crippen LogP contribution < -0.4 is 15.2 Å². The fourth-order valence-electron chi connectivity index (χ4n) is 3.49. The summed E-state index contributed by atoms with van der Waals surface area (Å²) in [5.74, 6) is -0.627. The lowest BCUT2D eigenvalue weighted by Gasteiger charge is -2.31. The number of benzene rings is 1. The number of H-pyrrole nitrogens is 1. The minimum atomic E-state index is -4.42. The van der Waals surface area contributed by atoms with Crippen LogP contribution in [0.3, 0.4) is 0 Å². The molecule has 2 unspecified atom stereocenters. The van der Waals surface area contributed by atoms with E-state index in [0.29, 0.717) is 0 Å². The third-order valence-corrected chi connectivity index (χ3v) is 7.30. The molecule has 0 radical (unpaired) electrons. The molecule has 1 aromatic carbocycles. The molecule has 4 N–H and O–H groups in total. The van der Waals surface area contributed by atoms with Crippen molar-refractivity contribution in [1.82, 2.24) is 14.6 Å². The number of para-hydroxylation sites is 1. The zero-order valence-electron chi connectivity index (χ0n) is 20.3. The fraction of sp³-hybridized carbons (Fsp3) is 0.500. The van der Waals surface area contributed by atoms with Gasteiger partial charge in [0.2, 0.25) is 0 Å². The van der Waals surface area contributed by atoms with Crippen LogP contribution in [-0.4, -0.2) is 69.0 Å². The number of nitrogens with zero attached hydrogens (tertiary/aromatic N) is 1. The van der Waals surface area contributed by atoms with E-state index in [2.05, 4.69) is 10.1 Å². The van der Waals surface area contributed by atoms with Gasteiger partial charge in [0.15, 0.2) is 16.6 Å². The van der Waals surface area contributed by atoms with Gasteiger partial charge in [0.05, 0.1) is 12.7 Å². The van der Waals surface area contributed by atoms with Crippen LogP contribution in [0, 0.1) is 4.77 Å². The Labute approximate surface area is 216 Å². The summed E-state index contributed by atoms with van der Waals surface area (Å²) in [4.78, 5) is 26.1. The van der Waals surface area contributed by atoms with Crippen molar-refractivity contribution >= 4 is 25.9 Å². The number of carbonyl (C=O) groups excluding carboxylic acids is 1. The Morgan fingerprint density at radius 1 is 1.30 bits per heavy atom. The number of alkyl halides is 1. The lowest BCUT2D eigenvalue weighted by atomic mass is 9.98. The Bertz CT molecular complexity index is 1240. The normalized spacial score (nSPS) is 26.0. The molecule has 15 heteroatoms. The van der Waals surface area contributed by atoms with Gasteiger partial charge in [-0.3, -0.25) is 23.7 Å². The van der Waals surface area contributed by atoms with Crippen molar-refractivity contribution in [3.63, 3.8) is 0 Å². The number of aromatic nitrogens is 2. The van der Waals surface area contributed by atoms with Crippen molar-refractivity contribution < 1.29 is 42.5 Å². The SMILES string of the molecule is CC(C)OC(=O)[C@H](C)NP(=O)(OC[C@@]1(CF)O[C@@H](n2ccc(=O)[nH]c2=S)[C@@H](O)C1O)Oc1ccccc1. The van der Waals surface area contributed by atoms with Gasteiger partial charge in [0.25, 0.3) is 5.56 Å². The van der Waals surface area contributed by atoms with E-state index in [4.69, 9.17) is 30.7 Å². The van der Waals surface area contributed by atoms with E-state index in [0.717, 1.165) is 10.6 Å². The van der Waals surface area contributed by atoms with Crippen LogP contribution in [0.1, 0.15) is 27.0 Å². The predicted octanol–water partition coefficient (Wildman–Crippen LogP) is 2.00. The van der Waals surface area contributed by atoms with E-state index < -0.39 is 68.7 Å². The number of aliphatic hydroxyl groups is 2. The van der Waals surface area contributed by atoms with Gasteiger partial charge >= 0.3 is 13.7 Å². The molecule has 6 atom stereocenters. The summed E-state index contributed by atoms with van der Waals surface area (Å²) in [5.41, 5.74) is -2.71. The highest BCUT2D eigenvalue weighted by Crippen LogP contribution is 2.48. The molecule has 37 heavy (non-hydrogen) atoms. The van der Waals surface area contributed by atoms with Crippen LogP contribution in [0.15, 0.2) is 47.4 Å². The molecule has 0 aliphatic carbocycles. The maximum Gasteiger partial charge on any atom is 0.459 e. The minimum Gasteiger partial charge on any atom is -0.462 e. The van der Waals surface area contributed by atoms with Gasteiger partial charge in [-0.2, -0.15) is 5.09 Å². The van der Waals surface area contributed by atoms with Crippen LogP contribution in [0.25, 0.3) is 0 Å². The molecule has 1 aromatic heterocycles. The Morgan fingerprint density at radius 2 is 1.97 bits per heavy atom. The Kier molecular flexibility index (Phi) is 9.40. The van der Waals surface area contributed by atoms with Crippen LogP contribution in [0.4, 0.5) is 4.39 Å². The third kappa shape index (κ3) is 6.90. The molecule has 0 bridgehead atoms. The van der Waals surface area contributed by atoms with E-state index >= 15 is 0 Å². The van der Waals surface area contributed by atoms with Gasteiger partial charge in [-0.05, 0) is 45.1 Å². The van der Waals surface area contributed by atoms with Crippen LogP contribution in [0.2, 0.25) is 0 Å². The van der Waals surface area contributed by atoms with Crippen LogP contribution in [0.5, 0.6) is 5.75 Å². The topological polar surface area (TPSA) is 161 Å². The monoisotopic (exact) mass is 561 g/mol. The molecule has 0 spiro atoms. The quantitative estimate of drug-likeness (QED) is 0.180. The number of nitrogens with one attached hydrogen (secondary N) is 2. The van der Waals surface area contributed by atoms with Crippen molar-refractivity contribution in [3.05, 3.63) is 57.7 Å². The highest BCUT2D eigenvalue weighted by atomic mass is 32.1. The Morgan fingerprint density at radius 3 is 2.57 bits per heavy atom. The first-order chi connectivity index (χ1) is 17.4. The van der Waals surface area contributed by atoms with E-state index in [9.17, 15) is 28.8 Å². The van der Waals surface area contributed by atoms with Crippen molar-refractivity contribution in [1.29, 1.82) is 0 Å². The van der Waals surface area contributed by atoms with Gasteiger partial charge in [-0.1, -0.05) is 18.2 Å². The number of carbonyl (C=O) groups is 1. The van der Waals surface area contributed by atoms with E-state index in [1.165, 1.54) is 25.3 Å². The first-order valence-corrected chi connectivity index (χ1v) is 13.2. The van der Waals surface area contributed by atoms with Gasteiger partial charge in [-0.25, -0.2) is 8.96 Å². The molecule has 1 aliphatic rings. The van der Waals surface area contributed by atoms with Crippen LogP contribution in [-0.2, 0) is 23.4 Å². The molecular weight excluding hydrogens is 532 g/mol. The second kappa shape index (κ2) is 11.9. The average Bonchev–Trinajstić information content (AvgIpc) is 3.08. The molecular formula is C22H29FN3O9PS. The van der Waals surface area contributed by atoms with Crippen molar-refractivity contribution in [3.8, 4) is 5.75 Å². The van der Waals surface area contributed by atoms with E-state index in [1.54, 1.807) is 32.0 Å². The van der Waals surface area contributed by atoms with Gasteiger partial charge in [0, 0.05) is 12.3 Å². The number of aromatic amines is 1. The number of ether oxygens (including phenoxy) is 2. The maximum atomic E-state index is 14.4. The Hall–Kier alpha value is -2.45. The van der Waals surface area contributed by atoms with Gasteiger partial charge in [-0.15, -0.1) is 0 Å². The summed E-state index contributed by atoms with van der Waals surface area (Å²) in [6.45, 7) is 2.42. The average molecular weight is 562 g/mol. The molecule has 3 rings (SSSR count). The van der Waals surface area contributed by atoms with Crippen molar-refractivity contribution in [2.75, 3.05) is 13.3 Å². The largest absolute Gasteiger partial charge is 0.462 e. The smallest absolute Gasteiger partial charge is 0.459 e. The van der Waals surface area contributed by atoms with Crippen molar-refractivity contribution in [2.45, 2.75) is 57.0 Å². The highest BCUT2D eigenvalue weighted by molar-refractivity contribution is 7.71. The fourth-order valence-corrected chi connectivity index (χ4v) is 5.31. The third-order valence-electron chi connectivity index (χ3n) is 5.37. The zero-order chi connectivity index (χ0) is 27.4. The van der Waals surface area contributed by atoms with Gasteiger partial charge < -0.3 is 24.2 Å². The number of halogens is 1. The lowest BCUT2D eigenvalue weighted by Crippen LogP contribution is -2.49. The van der Waals surface area contributed by atoms with E-state index in [1.807, 2.05) is 0 Å². The molecule has 2 aromatic rings. The predicted molar refractivity (Wildman–Crippen MR) is 131 cm³/mol. The summed E-state index contributed by atoms with van der Waals surface area (Å²) in [6.07, 6.45) is -4.18. The van der Waals surface area contributed by atoms with Crippen molar-refractivity contribution in [2.24, 2.45) is 0 Å². The maximum absolute atomic E-state index is 14.4. The van der Waals surface area contributed by atoms with E-state index in [-0.39, 0.29) is 10.5 Å². The minimum absolute atomic E-state index is 0.113. The molecule has 12 nitrogen and oxygen atoms in total. The molecule has 1 fully saturated rings. The number of aliphatic hydroxyl groups excluding tert-OH is 2. The zero-order valence-corrected chi connectivity index (χ0v) is 22.0. The van der Waals surface area contributed by atoms with Gasteiger partial charge in [0.1, 0.15) is 30.7 Å². The Balaban J connectivity index is 1.86. The first kappa shape index (κ1) is 29.1. The second-order valence-corrected chi connectivity index (χ2v) is 10.8. The number of rotatable bonds is 11. The summed E-state index contributed by atoms with van der Waals surface area (Å²) in [7, 11) is -4.42. The summed E-state index contributed by atoms with van der Waals surface area (Å²) < 4.78 is 50.8. The molecule has 2 heterocycles. The number of hydrogen-bond donors (Lipinski definition) is 4. The molecule has 0 amide bonds. The molecule has 204 valence electrons. The standard InChI is InChI=1S/C22H29FN3O9PS/c1-13(2)33-20(30)14(3)25-36(31,35-15-7-5-4-6-8-15)32-12-22(11-23)18(29)17(28)19(34-22)26-10-9-16(27)24-21(26)37/h4-10,13-14,17-19,28-29H,11-12H2,1-3H3,(H,25,31)(H,24,27,37)/t14-,17-,18?,19+,22+,36?/m0/s1. The summed E-state index contributed by atoms with van der Waals surface area (Å²) in [5, 5.41) is 23.8. The number of esters is 1. The highest BCUT2D eigenvalue weighted by Gasteiger charge is 2.56. The molecule has 1 saturated heterocycles. The number of hydrogen-bond acceptors (Lipinski definition) is 10. The first-order valence-electron chi connectivity index (χ1n) is 11.3. The molecule has 0 saturated carbocycles. The molecule has 1 aliphatic heterocycles. The summed E-state index contributed by atoms with van der Waals surface area (Å²) >= 11 is 5.07. The van der Waals surface area contributed by atoms with Crippen LogP contribution >= 0.6 is 20.0 Å². The summed E-state index contributed by atoms with van der Waals surface area (Å²) in [6, 6.07) is 7.82. The second-order valence-electron chi connectivity index (χ2n) is 8.67.